The van der Waals surface area contributed by atoms with Crippen LogP contribution < -0.4 is 0 Å². The van der Waals surface area contributed by atoms with Crippen LogP contribution in [-0.2, 0) is 6.42 Å². The third kappa shape index (κ3) is 1.72. The van der Waals surface area contributed by atoms with Crippen LogP contribution in [0.3, 0.4) is 0 Å². The van der Waals surface area contributed by atoms with Crippen molar-refractivity contribution in [2.75, 3.05) is 0 Å². The molecule has 1 aromatic carbocycles. The molecule has 0 saturated heterocycles. The number of furan rings is 1. The van der Waals surface area contributed by atoms with Crippen molar-refractivity contribution in [3.8, 4) is 17.1 Å². The molecule has 92 valence electrons. The molecule has 0 radical (unpaired) electrons. The molecule has 1 N–H and O–H groups in total. The zero-order valence-electron chi connectivity index (χ0n) is 10.2. The maximum atomic E-state index is 11.8. The fraction of sp³-hybridized carbons (Fsp3) is 0.267. The Morgan fingerprint density at radius 2 is 2.06 bits per heavy atom. The standard InChI is InChI=1S/C15H14O3/c1-9-7-10(5-6-12(9)16)15-8-11-13(17)3-2-4-14(11)18-15/h5-8,16H,2-4H2,1H3. The van der Waals surface area contributed by atoms with Crippen molar-refractivity contribution in [1.82, 2.24) is 0 Å². The van der Waals surface area contributed by atoms with Crippen molar-refractivity contribution >= 4 is 5.78 Å². The van der Waals surface area contributed by atoms with Crippen molar-refractivity contribution in [3.05, 3.63) is 41.2 Å². The normalized spacial score (nSPS) is 14.6. The van der Waals surface area contributed by atoms with Gasteiger partial charge in [0.15, 0.2) is 5.78 Å². The van der Waals surface area contributed by atoms with Gasteiger partial charge in [-0.25, -0.2) is 0 Å². The number of phenols is 1. The summed E-state index contributed by atoms with van der Waals surface area (Å²) in [5.41, 5.74) is 2.42. The summed E-state index contributed by atoms with van der Waals surface area (Å²) < 4.78 is 5.75. The highest BCUT2D eigenvalue weighted by Crippen LogP contribution is 2.32. The van der Waals surface area contributed by atoms with Gasteiger partial charge in [-0.2, -0.15) is 0 Å². The molecule has 0 unspecified atom stereocenters. The number of Topliss-reactive ketones (excluding diaryl/α,β-unsaturated/α-hetero) is 1. The molecule has 0 bridgehead atoms. The Kier molecular flexibility index (Phi) is 2.47. The summed E-state index contributed by atoms with van der Waals surface area (Å²) in [5.74, 6) is 1.94. The number of hydrogen-bond acceptors (Lipinski definition) is 3. The molecular formula is C15H14O3. The first-order valence-electron chi connectivity index (χ1n) is 6.11. The number of rotatable bonds is 1. The van der Waals surface area contributed by atoms with Gasteiger partial charge in [-0.1, -0.05) is 0 Å². The first-order valence-corrected chi connectivity index (χ1v) is 6.11. The van der Waals surface area contributed by atoms with Crippen molar-refractivity contribution in [3.63, 3.8) is 0 Å². The number of benzene rings is 1. The van der Waals surface area contributed by atoms with Crippen LogP contribution in [0, 0.1) is 6.92 Å². The maximum Gasteiger partial charge on any atom is 0.166 e. The van der Waals surface area contributed by atoms with E-state index < -0.39 is 0 Å². The molecule has 1 heterocycles. The SMILES string of the molecule is Cc1cc(-c2cc3c(o2)CCCC3=O)ccc1O. The van der Waals surface area contributed by atoms with E-state index in [1.54, 1.807) is 12.1 Å². The summed E-state index contributed by atoms with van der Waals surface area (Å²) in [4.78, 5) is 11.8. The maximum absolute atomic E-state index is 11.8. The Bertz CT molecular complexity index is 623. The summed E-state index contributed by atoms with van der Waals surface area (Å²) in [6, 6.07) is 7.14. The Morgan fingerprint density at radius 3 is 2.78 bits per heavy atom. The second-order valence-corrected chi connectivity index (χ2v) is 4.73. The fourth-order valence-electron chi connectivity index (χ4n) is 2.35. The van der Waals surface area contributed by atoms with E-state index >= 15 is 0 Å². The van der Waals surface area contributed by atoms with E-state index in [0.717, 1.165) is 35.3 Å². The molecule has 3 heteroatoms. The fourth-order valence-corrected chi connectivity index (χ4v) is 2.35. The van der Waals surface area contributed by atoms with Crippen molar-refractivity contribution in [1.29, 1.82) is 0 Å². The monoisotopic (exact) mass is 242 g/mol. The molecule has 1 aliphatic rings. The van der Waals surface area contributed by atoms with Gasteiger partial charge in [0.1, 0.15) is 17.3 Å². The average molecular weight is 242 g/mol. The van der Waals surface area contributed by atoms with E-state index in [-0.39, 0.29) is 11.5 Å². The molecule has 3 rings (SSSR count). The van der Waals surface area contributed by atoms with Crippen LogP contribution in [0.2, 0.25) is 0 Å². The molecule has 0 spiro atoms. The van der Waals surface area contributed by atoms with Crippen molar-refractivity contribution in [2.45, 2.75) is 26.2 Å². The lowest BCUT2D eigenvalue weighted by molar-refractivity contribution is 0.0969. The third-order valence-electron chi connectivity index (χ3n) is 3.40. The van der Waals surface area contributed by atoms with Gasteiger partial charge in [-0.15, -0.1) is 0 Å². The highest BCUT2D eigenvalue weighted by molar-refractivity contribution is 5.98. The summed E-state index contributed by atoms with van der Waals surface area (Å²) in [6.07, 6.45) is 2.31. The Hall–Kier alpha value is -2.03. The molecule has 1 aliphatic carbocycles. The number of ketones is 1. The minimum atomic E-state index is 0.168. The van der Waals surface area contributed by atoms with Crippen LogP contribution in [0.5, 0.6) is 5.75 Å². The summed E-state index contributed by atoms with van der Waals surface area (Å²) in [5, 5.41) is 9.51. The topological polar surface area (TPSA) is 50.4 Å². The minimum Gasteiger partial charge on any atom is -0.508 e. The van der Waals surface area contributed by atoms with Gasteiger partial charge in [0, 0.05) is 18.4 Å². The largest absolute Gasteiger partial charge is 0.508 e. The average Bonchev–Trinajstić information content (AvgIpc) is 2.78. The molecule has 0 saturated carbocycles. The second kappa shape index (κ2) is 4.02. The van der Waals surface area contributed by atoms with Crippen LogP contribution in [0.1, 0.15) is 34.5 Å². The smallest absolute Gasteiger partial charge is 0.166 e. The molecule has 0 atom stereocenters. The zero-order chi connectivity index (χ0) is 12.7. The molecule has 3 nitrogen and oxygen atoms in total. The third-order valence-corrected chi connectivity index (χ3v) is 3.40. The number of aromatic hydroxyl groups is 1. The first-order chi connectivity index (χ1) is 8.65. The van der Waals surface area contributed by atoms with E-state index in [9.17, 15) is 9.90 Å². The van der Waals surface area contributed by atoms with Gasteiger partial charge < -0.3 is 9.52 Å². The minimum absolute atomic E-state index is 0.168. The molecular weight excluding hydrogens is 228 g/mol. The van der Waals surface area contributed by atoms with Gasteiger partial charge in [0.2, 0.25) is 0 Å². The molecule has 0 amide bonds. The van der Waals surface area contributed by atoms with E-state index in [1.165, 1.54) is 0 Å². The van der Waals surface area contributed by atoms with Crippen LogP contribution in [0.4, 0.5) is 0 Å². The van der Waals surface area contributed by atoms with Gasteiger partial charge >= 0.3 is 0 Å². The summed E-state index contributed by atoms with van der Waals surface area (Å²) in [6.45, 7) is 1.84. The van der Waals surface area contributed by atoms with E-state index in [4.69, 9.17) is 4.42 Å². The highest BCUT2D eigenvalue weighted by Gasteiger charge is 2.22. The number of hydrogen-bond donors (Lipinski definition) is 1. The highest BCUT2D eigenvalue weighted by atomic mass is 16.3. The molecule has 1 aromatic heterocycles. The van der Waals surface area contributed by atoms with Gasteiger partial charge in [0.25, 0.3) is 0 Å². The van der Waals surface area contributed by atoms with Crippen LogP contribution in [0.15, 0.2) is 28.7 Å². The lowest BCUT2D eigenvalue weighted by Gasteiger charge is -2.06. The van der Waals surface area contributed by atoms with Crippen LogP contribution in [-0.4, -0.2) is 10.9 Å². The Morgan fingerprint density at radius 1 is 1.22 bits per heavy atom. The van der Waals surface area contributed by atoms with Crippen molar-refractivity contribution in [2.24, 2.45) is 0 Å². The number of carbonyl (C=O) groups excluding carboxylic acids is 1. The Balaban J connectivity index is 2.07. The summed E-state index contributed by atoms with van der Waals surface area (Å²) >= 11 is 0. The second-order valence-electron chi connectivity index (χ2n) is 4.73. The van der Waals surface area contributed by atoms with Gasteiger partial charge in [-0.05, 0) is 43.2 Å². The quantitative estimate of drug-likeness (QED) is 0.832. The summed E-state index contributed by atoms with van der Waals surface area (Å²) in [7, 11) is 0. The van der Waals surface area contributed by atoms with Gasteiger partial charge in [-0.3, -0.25) is 4.79 Å². The Labute approximate surface area is 105 Å². The zero-order valence-corrected chi connectivity index (χ0v) is 10.2. The van der Waals surface area contributed by atoms with Crippen LogP contribution in [0.25, 0.3) is 11.3 Å². The van der Waals surface area contributed by atoms with E-state index in [2.05, 4.69) is 0 Å². The first kappa shape index (κ1) is 11.1. The molecule has 0 fully saturated rings. The van der Waals surface area contributed by atoms with Crippen LogP contribution >= 0.6 is 0 Å². The number of phenolic OH excluding ortho intramolecular Hbond substituents is 1. The van der Waals surface area contributed by atoms with E-state index in [1.807, 2.05) is 19.1 Å². The predicted octanol–water partition coefficient (Wildman–Crippen LogP) is 3.48. The lowest BCUT2D eigenvalue weighted by Crippen LogP contribution is -2.07. The van der Waals surface area contributed by atoms with Gasteiger partial charge in [0.05, 0.1) is 5.56 Å². The van der Waals surface area contributed by atoms with E-state index in [0.29, 0.717) is 12.2 Å². The molecule has 0 aliphatic heterocycles. The van der Waals surface area contributed by atoms with Crippen molar-refractivity contribution < 1.29 is 14.3 Å². The predicted molar refractivity (Wildman–Crippen MR) is 67.8 cm³/mol. The lowest BCUT2D eigenvalue weighted by atomic mass is 9.97. The molecule has 2 aromatic rings. The number of aryl methyl sites for hydroxylation is 2. The number of carbonyl (C=O) groups is 1. The molecule has 18 heavy (non-hydrogen) atoms. The number of fused-ring (bicyclic) bond motifs is 1.